The molecule has 2 aromatic rings. The van der Waals surface area contributed by atoms with Crippen LogP contribution in [0.1, 0.15) is 10.6 Å². The Morgan fingerprint density at radius 1 is 1.24 bits per heavy atom. The van der Waals surface area contributed by atoms with Crippen molar-refractivity contribution in [3.05, 3.63) is 49.7 Å². The normalized spacial score (nSPS) is 11.0. The molecule has 0 bridgehead atoms. The van der Waals surface area contributed by atoms with E-state index in [4.69, 9.17) is 21.1 Å². The number of halogens is 1. The molecule has 11 heteroatoms. The first kappa shape index (κ1) is 18.7. The van der Waals surface area contributed by atoms with Crippen LogP contribution in [0, 0.1) is 10.1 Å². The molecule has 0 unspecified atom stereocenters. The monoisotopic (exact) mass is 385 g/mol. The molecule has 0 aliphatic carbocycles. The second-order valence-corrected chi connectivity index (χ2v) is 6.50. The summed E-state index contributed by atoms with van der Waals surface area (Å²) in [5, 5.41) is 10.8. The number of nitrogens with zero attached hydrogens (tertiary/aromatic N) is 3. The minimum atomic E-state index is -1.94. The number of hydrogen-bond donors (Lipinski definition) is 0. The summed E-state index contributed by atoms with van der Waals surface area (Å²) in [6.45, 7) is 0. The van der Waals surface area contributed by atoms with Crippen molar-refractivity contribution in [2.45, 2.75) is 11.8 Å². The first-order chi connectivity index (χ1) is 11.8. The topological polar surface area (TPSA) is 122 Å². The van der Waals surface area contributed by atoms with Crippen molar-refractivity contribution in [3.63, 3.8) is 0 Å². The minimum Gasteiger partial charge on any atom is -0.468 e. The summed E-state index contributed by atoms with van der Waals surface area (Å²) in [4.78, 5) is 43.5. The van der Waals surface area contributed by atoms with Gasteiger partial charge in [0.1, 0.15) is 6.20 Å². The predicted molar refractivity (Wildman–Crippen MR) is 87.4 cm³/mol. The molecule has 0 aliphatic heterocycles. The highest BCUT2D eigenvalue weighted by molar-refractivity contribution is 7.15. The molecule has 2 heterocycles. The number of pyridine rings is 1. The third-order valence-corrected chi connectivity index (χ3v) is 4.54. The van der Waals surface area contributed by atoms with E-state index in [1.165, 1.54) is 12.3 Å². The SMILES string of the molecule is COC(=O)C(Cc1cnc(Cl)s1)(C(=O)OC)c1ccc([N+](=O)[O-])cn1. The highest BCUT2D eigenvalue weighted by Gasteiger charge is 2.52. The molecule has 2 aromatic heterocycles. The third kappa shape index (κ3) is 3.59. The van der Waals surface area contributed by atoms with Gasteiger partial charge in [-0.3, -0.25) is 24.7 Å². The van der Waals surface area contributed by atoms with Crippen LogP contribution in [0.3, 0.4) is 0 Å². The number of carbonyl (C=O) groups is 2. The summed E-state index contributed by atoms with van der Waals surface area (Å²) < 4.78 is 9.81. The molecule has 0 fully saturated rings. The van der Waals surface area contributed by atoms with Gasteiger partial charge in [0.2, 0.25) is 5.41 Å². The summed E-state index contributed by atoms with van der Waals surface area (Å²) in [6, 6.07) is 2.36. The lowest BCUT2D eigenvalue weighted by molar-refractivity contribution is -0.385. The van der Waals surface area contributed by atoms with Crippen LogP contribution in [0.15, 0.2) is 24.5 Å². The summed E-state index contributed by atoms with van der Waals surface area (Å²) in [7, 11) is 2.23. The molecule has 132 valence electrons. The Bertz CT molecular complexity index is 791. The van der Waals surface area contributed by atoms with Gasteiger partial charge >= 0.3 is 11.9 Å². The average molecular weight is 386 g/mol. The van der Waals surface area contributed by atoms with Gasteiger partial charge < -0.3 is 9.47 Å². The molecule has 0 spiro atoms. The van der Waals surface area contributed by atoms with Crippen LogP contribution in [-0.2, 0) is 30.9 Å². The lowest BCUT2D eigenvalue weighted by atomic mass is 9.80. The van der Waals surface area contributed by atoms with E-state index in [1.54, 1.807) is 0 Å². The van der Waals surface area contributed by atoms with Crippen LogP contribution >= 0.6 is 22.9 Å². The van der Waals surface area contributed by atoms with E-state index in [0.717, 1.165) is 37.8 Å². The molecule has 0 atom stereocenters. The van der Waals surface area contributed by atoms with Gasteiger partial charge in [-0.15, -0.1) is 11.3 Å². The molecule has 9 nitrogen and oxygen atoms in total. The van der Waals surface area contributed by atoms with Gasteiger partial charge in [0.05, 0.1) is 24.8 Å². The van der Waals surface area contributed by atoms with Crippen LogP contribution in [0.4, 0.5) is 5.69 Å². The molecule has 0 N–H and O–H groups in total. The highest BCUT2D eigenvalue weighted by atomic mass is 35.5. The quantitative estimate of drug-likeness (QED) is 0.320. The minimum absolute atomic E-state index is 0.0404. The number of thiazole rings is 1. The number of aromatic nitrogens is 2. The van der Waals surface area contributed by atoms with Crippen LogP contribution in [0.5, 0.6) is 0 Å². The van der Waals surface area contributed by atoms with Gasteiger partial charge in [0.15, 0.2) is 4.47 Å². The van der Waals surface area contributed by atoms with Crippen LogP contribution in [-0.4, -0.2) is 41.0 Å². The van der Waals surface area contributed by atoms with Crippen molar-refractivity contribution in [1.82, 2.24) is 9.97 Å². The number of methoxy groups -OCH3 is 2. The van der Waals surface area contributed by atoms with E-state index in [-0.39, 0.29) is 22.3 Å². The second kappa shape index (κ2) is 7.53. The molecular formula is C14H12ClN3O6S. The Labute approximate surface area is 150 Å². The smallest absolute Gasteiger partial charge is 0.329 e. The molecule has 0 aliphatic rings. The van der Waals surface area contributed by atoms with E-state index in [2.05, 4.69) is 9.97 Å². The van der Waals surface area contributed by atoms with E-state index in [0.29, 0.717) is 4.88 Å². The molecule has 0 saturated heterocycles. The van der Waals surface area contributed by atoms with Crippen LogP contribution < -0.4 is 0 Å². The highest BCUT2D eigenvalue weighted by Crippen LogP contribution is 2.33. The van der Waals surface area contributed by atoms with Crippen molar-refractivity contribution >= 4 is 40.6 Å². The maximum atomic E-state index is 12.5. The summed E-state index contributed by atoms with van der Waals surface area (Å²) in [6.07, 6.45) is 2.20. The largest absolute Gasteiger partial charge is 0.468 e. The Balaban J connectivity index is 2.61. The Hall–Kier alpha value is -2.59. The molecular weight excluding hydrogens is 374 g/mol. The lowest BCUT2D eigenvalue weighted by Gasteiger charge is -2.26. The van der Waals surface area contributed by atoms with Crippen molar-refractivity contribution in [2.24, 2.45) is 0 Å². The van der Waals surface area contributed by atoms with Crippen LogP contribution in [0.2, 0.25) is 4.47 Å². The summed E-state index contributed by atoms with van der Waals surface area (Å²) in [5.74, 6) is -1.82. The van der Waals surface area contributed by atoms with Gasteiger partial charge in [-0.25, -0.2) is 4.98 Å². The van der Waals surface area contributed by atoms with Crippen molar-refractivity contribution in [1.29, 1.82) is 0 Å². The fraction of sp³-hybridized carbons (Fsp3) is 0.286. The first-order valence-corrected chi connectivity index (χ1v) is 7.92. The molecule has 0 amide bonds. The van der Waals surface area contributed by atoms with E-state index in [1.807, 2.05) is 0 Å². The zero-order chi connectivity index (χ0) is 18.6. The third-order valence-electron chi connectivity index (χ3n) is 3.43. The number of carbonyl (C=O) groups excluding carboxylic acids is 2. The van der Waals surface area contributed by atoms with Gasteiger partial charge in [-0.05, 0) is 6.07 Å². The first-order valence-electron chi connectivity index (χ1n) is 6.73. The van der Waals surface area contributed by atoms with E-state index < -0.39 is 22.3 Å². The molecule has 25 heavy (non-hydrogen) atoms. The molecule has 0 saturated carbocycles. The zero-order valence-corrected chi connectivity index (χ0v) is 14.7. The number of nitro groups is 1. The van der Waals surface area contributed by atoms with Gasteiger partial charge in [-0.2, -0.15) is 0 Å². The summed E-state index contributed by atoms with van der Waals surface area (Å²) in [5.41, 5.74) is -2.26. The second-order valence-electron chi connectivity index (χ2n) is 4.80. The number of ether oxygens (including phenoxy) is 2. The fourth-order valence-electron chi connectivity index (χ4n) is 2.25. The Morgan fingerprint density at radius 3 is 2.28 bits per heavy atom. The zero-order valence-electron chi connectivity index (χ0n) is 13.1. The van der Waals surface area contributed by atoms with Crippen molar-refractivity contribution in [2.75, 3.05) is 14.2 Å². The standard InChI is InChI=1S/C14H12ClN3O6S/c1-23-11(19)14(12(20)24-2,5-9-7-17-13(15)25-9)10-4-3-8(6-16-10)18(21)22/h3-4,6-7H,5H2,1-2H3. The van der Waals surface area contributed by atoms with Crippen LogP contribution in [0.25, 0.3) is 0 Å². The van der Waals surface area contributed by atoms with Gasteiger partial charge in [0, 0.05) is 23.6 Å². The molecule has 0 aromatic carbocycles. The Kier molecular flexibility index (Phi) is 5.65. The predicted octanol–water partition coefficient (Wildman–Crippen LogP) is 1.93. The summed E-state index contributed by atoms with van der Waals surface area (Å²) >= 11 is 6.88. The van der Waals surface area contributed by atoms with Crippen molar-refractivity contribution < 1.29 is 24.0 Å². The fourth-order valence-corrected chi connectivity index (χ4v) is 3.31. The number of rotatable bonds is 6. The van der Waals surface area contributed by atoms with E-state index in [9.17, 15) is 19.7 Å². The number of esters is 2. The van der Waals surface area contributed by atoms with Crippen molar-refractivity contribution in [3.8, 4) is 0 Å². The maximum absolute atomic E-state index is 12.5. The Morgan fingerprint density at radius 2 is 1.88 bits per heavy atom. The molecule has 2 rings (SSSR count). The molecule has 0 radical (unpaired) electrons. The average Bonchev–Trinajstić information content (AvgIpc) is 3.03. The van der Waals surface area contributed by atoms with Gasteiger partial charge in [0.25, 0.3) is 5.69 Å². The van der Waals surface area contributed by atoms with E-state index >= 15 is 0 Å². The number of hydrogen-bond acceptors (Lipinski definition) is 9. The van der Waals surface area contributed by atoms with Gasteiger partial charge in [-0.1, -0.05) is 11.6 Å². The maximum Gasteiger partial charge on any atom is 0.329 e. The lowest BCUT2D eigenvalue weighted by Crippen LogP contribution is -2.47.